The van der Waals surface area contributed by atoms with Crippen molar-refractivity contribution < 1.29 is 9.53 Å². The maximum Gasteiger partial charge on any atom is 0.254 e. The summed E-state index contributed by atoms with van der Waals surface area (Å²) in [5.41, 5.74) is 3.53. The van der Waals surface area contributed by atoms with Crippen LogP contribution in [0, 0.1) is 5.92 Å². The summed E-state index contributed by atoms with van der Waals surface area (Å²) in [6.07, 6.45) is 0. The molecule has 0 radical (unpaired) electrons. The molecular weight excluding hydrogens is 298 g/mol. The molecule has 1 aromatic heterocycles. The number of likely N-dealkylation sites (N-methyl/N-ethyl adjacent to an activating group) is 1. The van der Waals surface area contributed by atoms with Crippen LogP contribution in [-0.2, 0) is 4.74 Å². The summed E-state index contributed by atoms with van der Waals surface area (Å²) in [5.74, 6) is 0.514. The van der Waals surface area contributed by atoms with Crippen molar-refractivity contribution in [3.63, 3.8) is 0 Å². The second kappa shape index (κ2) is 5.61. The smallest absolute Gasteiger partial charge is 0.254 e. The number of amides is 1. The van der Waals surface area contributed by atoms with Gasteiger partial charge in [-0.25, -0.2) is 4.98 Å². The van der Waals surface area contributed by atoms with Gasteiger partial charge in [0.25, 0.3) is 5.91 Å². The number of aromatic nitrogens is 1. The summed E-state index contributed by atoms with van der Waals surface area (Å²) in [6, 6.07) is 5.94. The standard InChI is InChI=1S/C16H19N3O2S/c1-18-5-11-6-19(13(7-18)9-21-8-11)16(20)12-2-3-14-15(4-12)22-10-17-14/h2-4,10-11,13H,5-9H2,1H3/t11-,13-/m0/s1. The van der Waals surface area contributed by atoms with E-state index in [-0.39, 0.29) is 11.9 Å². The van der Waals surface area contributed by atoms with Gasteiger partial charge >= 0.3 is 0 Å². The summed E-state index contributed by atoms with van der Waals surface area (Å²) >= 11 is 1.57. The lowest BCUT2D eigenvalue weighted by Crippen LogP contribution is -2.45. The number of carbonyl (C=O) groups excluding carboxylic acids is 1. The van der Waals surface area contributed by atoms with E-state index in [1.54, 1.807) is 11.3 Å². The van der Waals surface area contributed by atoms with Crippen molar-refractivity contribution in [2.24, 2.45) is 5.92 Å². The normalized spacial score (nSPS) is 26.1. The van der Waals surface area contributed by atoms with E-state index in [4.69, 9.17) is 4.74 Å². The van der Waals surface area contributed by atoms with E-state index >= 15 is 0 Å². The van der Waals surface area contributed by atoms with E-state index in [0.717, 1.165) is 42.0 Å². The number of rotatable bonds is 1. The zero-order valence-corrected chi connectivity index (χ0v) is 13.4. The molecule has 2 aliphatic rings. The van der Waals surface area contributed by atoms with Crippen LogP contribution in [0.4, 0.5) is 0 Å². The van der Waals surface area contributed by atoms with Gasteiger partial charge in [-0.05, 0) is 25.2 Å². The first-order chi connectivity index (χ1) is 10.7. The number of carbonyl (C=O) groups is 1. The Labute approximate surface area is 133 Å². The number of thiazole rings is 1. The summed E-state index contributed by atoms with van der Waals surface area (Å²) < 4.78 is 6.82. The SMILES string of the molecule is CN1C[C@@H]2COC[C@H](C1)N(C(=O)c1ccc3ncsc3c1)C2. The van der Waals surface area contributed by atoms with Crippen LogP contribution in [0.15, 0.2) is 23.7 Å². The number of fused-ring (bicyclic) bond motifs is 4. The van der Waals surface area contributed by atoms with Crippen molar-refractivity contribution in [3.8, 4) is 0 Å². The molecule has 2 saturated heterocycles. The molecule has 0 N–H and O–H groups in total. The van der Waals surface area contributed by atoms with Gasteiger partial charge in [-0.2, -0.15) is 0 Å². The maximum atomic E-state index is 13.0. The second-order valence-electron chi connectivity index (χ2n) is 6.27. The molecule has 2 atom stereocenters. The highest BCUT2D eigenvalue weighted by atomic mass is 32.1. The number of hydrogen-bond acceptors (Lipinski definition) is 5. The van der Waals surface area contributed by atoms with E-state index in [1.807, 2.05) is 28.6 Å². The lowest BCUT2D eigenvalue weighted by molar-refractivity contribution is 0.0483. The molecule has 2 bridgehead atoms. The Morgan fingerprint density at radius 2 is 2.23 bits per heavy atom. The molecule has 0 saturated carbocycles. The molecule has 1 aromatic carbocycles. The van der Waals surface area contributed by atoms with Crippen molar-refractivity contribution in [2.75, 3.05) is 39.9 Å². The number of ether oxygens (including phenoxy) is 1. The molecule has 116 valence electrons. The molecule has 0 spiro atoms. The van der Waals surface area contributed by atoms with Gasteiger partial charge in [0.05, 0.1) is 35.0 Å². The van der Waals surface area contributed by atoms with Crippen LogP contribution in [0.3, 0.4) is 0 Å². The average Bonchev–Trinajstić information content (AvgIpc) is 2.80. The molecule has 0 unspecified atom stereocenters. The van der Waals surface area contributed by atoms with E-state index in [2.05, 4.69) is 16.9 Å². The molecule has 5 nitrogen and oxygen atoms in total. The van der Waals surface area contributed by atoms with Crippen molar-refractivity contribution in [1.29, 1.82) is 0 Å². The highest BCUT2D eigenvalue weighted by molar-refractivity contribution is 7.16. The average molecular weight is 317 g/mol. The van der Waals surface area contributed by atoms with Gasteiger partial charge in [0.1, 0.15) is 0 Å². The minimum atomic E-state index is 0.117. The zero-order valence-electron chi connectivity index (χ0n) is 12.6. The van der Waals surface area contributed by atoms with Crippen LogP contribution >= 0.6 is 11.3 Å². The summed E-state index contributed by atoms with van der Waals surface area (Å²) in [6.45, 7) is 4.04. The van der Waals surface area contributed by atoms with E-state index in [1.165, 1.54) is 0 Å². The van der Waals surface area contributed by atoms with Gasteiger partial charge in [0, 0.05) is 31.1 Å². The lowest BCUT2D eigenvalue weighted by atomic mass is 10.1. The summed E-state index contributed by atoms with van der Waals surface area (Å²) in [4.78, 5) is 21.6. The molecule has 3 heterocycles. The molecule has 0 aliphatic carbocycles. The number of hydrogen-bond donors (Lipinski definition) is 0. The first kappa shape index (κ1) is 14.1. The van der Waals surface area contributed by atoms with Gasteiger partial charge < -0.3 is 14.5 Å². The molecule has 22 heavy (non-hydrogen) atoms. The van der Waals surface area contributed by atoms with Gasteiger partial charge in [0.2, 0.25) is 0 Å². The van der Waals surface area contributed by atoms with Crippen molar-refractivity contribution in [3.05, 3.63) is 29.3 Å². The molecule has 2 aliphatic heterocycles. The first-order valence-electron chi connectivity index (χ1n) is 7.61. The highest BCUT2D eigenvalue weighted by Crippen LogP contribution is 2.24. The topological polar surface area (TPSA) is 45.7 Å². The monoisotopic (exact) mass is 317 g/mol. The maximum absolute atomic E-state index is 13.0. The summed E-state index contributed by atoms with van der Waals surface area (Å²) in [5, 5.41) is 0. The van der Waals surface area contributed by atoms with Crippen LogP contribution in [-0.4, -0.2) is 66.6 Å². The molecule has 2 fully saturated rings. The molecule has 1 amide bonds. The Balaban J connectivity index is 1.65. The zero-order chi connectivity index (χ0) is 15.1. The third kappa shape index (κ3) is 2.51. The van der Waals surface area contributed by atoms with Crippen LogP contribution in [0.5, 0.6) is 0 Å². The fraction of sp³-hybridized carbons (Fsp3) is 0.500. The van der Waals surface area contributed by atoms with Gasteiger partial charge in [0.15, 0.2) is 0 Å². The van der Waals surface area contributed by atoms with Gasteiger partial charge in [-0.1, -0.05) is 0 Å². The fourth-order valence-electron chi connectivity index (χ4n) is 3.48. The van der Waals surface area contributed by atoms with Crippen LogP contribution < -0.4 is 0 Å². The second-order valence-corrected chi connectivity index (χ2v) is 7.16. The van der Waals surface area contributed by atoms with Gasteiger partial charge in [-0.15, -0.1) is 11.3 Å². The van der Waals surface area contributed by atoms with Crippen molar-refractivity contribution in [2.45, 2.75) is 6.04 Å². The predicted molar refractivity (Wildman–Crippen MR) is 86.3 cm³/mol. The minimum Gasteiger partial charge on any atom is -0.379 e. The Morgan fingerprint density at radius 1 is 1.32 bits per heavy atom. The highest BCUT2D eigenvalue weighted by Gasteiger charge is 2.35. The Morgan fingerprint density at radius 3 is 3.14 bits per heavy atom. The number of benzene rings is 1. The van der Waals surface area contributed by atoms with E-state index in [9.17, 15) is 4.79 Å². The Bertz CT molecular complexity index is 702. The largest absolute Gasteiger partial charge is 0.379 e. The van der Waals surface area contributed by atoms with Crippen molar-refractivity contribution in [1.82, 2.24) is 14.8 Å². The Hall–Kier alpha value is -1.50. The first-order valence-corrected chi connectivity index (χ1v) is 8.49. The van der Waals surface area contributed by atoms with Crippen LogP contribution in [0.25, 0.3) is 10.2 Å². The van der Waals surface area contributed by atoms with E-state index < -0.39 is 0 Å². The number of nitrogens with zero attached hydrogens (tertiary/aromatic N) is 3. The quantitative estimate of drug-likeness (QED) is 0.803. The molecule has 6 heteroatoms. The third-order valence-electron chi connectivity index (χ3n) is 4.49. The van der Waals surface area contributed by atoms with Crippen LogP contribution in [0.2, 0.25) is 0 Å². The molecule has 4 rings (SSSR count). The minimum absolute atomic E-state index is 0.117. The van der Waals surface area contributed by atoms with Gasteiger partial charge in [-0.3, -0.25) is 4.79 Å². The summed E-state index contributed by atoms with van der Waals surface area (Å²) in [7, 11) is 2.13. The van der Waals surface area contributed by atoms with E-state index in [0.29, 0.717) is 12.5 Å². The van der Waals surface area contributed by atoms with Crippen LogP contribution in [0.1, 0.15) is 10.4 Å². The fourth-order valence-corrected chi connectivity index (χ4v) is 4.20. The predicted octanol–water partition coefficient (Wildman–Crippen LogP) is 1.70. The molecule has 2 aromatic rings. The lowest BCUT2D eigenvalue weighted by Gasteiger charge is -2.29. The molecular formula is C16H19N3O2S. The third-order valence-corrected chi connectivity index (χ3v) is 5.28. The Kier molecular flexibility index (Phi) is 3.60. The van der Waals surface area contributed by atoms with Crippen molar-refractivity contribution >= 4 is 27.5 Å².